The molecule has 8 heteroatoms. The van der Waals surface area contributed by atoms with Crippen LogP contribution in [0.5, 0.6) is 0 Å². The van der Waals surface area contributed by atoms with Crippen LogP contribution in [0.2, 0.25) is 0 Å². The van der Waals surface area contributed by atoms with Gasteiger partial charge in [0.25, 0.3) is 5.91 Å². The molecule has 0 bridgehead atoms. The molecule has 1 aromatic rings. The van der Waals surface area contributed by atoms with E-state index in [1.807, 2.05) is 0 Å². The Bertz CT molecular complexity index is 638. The highest BCUT2D eigenvalue weighted by atomic mass is 32.2. The zero-order valence-corrected chi connectivity index (χ0v) is 15.0. The summed E-state index contributed by atoms with van der Waals surface area (Å²) < 4.78 is 30.4. The van der Waals surface area contributed by atoms with Crippen LogP contribution in [-0.2, 0) is 14.8 Å². The van der Waals surface area contributed by atoms with Gasteiger partial charge in [-0.25, -0.2) is 12.7 Å². The molecular weight excluding hydrogens is 330 g/mol. The monoisotopic (exact) mass is 355 g/mol. The fraction of sp³-hybridized carbons (Fsp3) is 0.562. The Hall–Kier alpha value is -1.48. The Morgan fingerprint density at radius 2 is 1.83 bits per heavy atom. The maximum Gasteiger partial charge on any atom is 0.251 e. The highest BCUT2D eigenvalue weighted by molar-refractivity contribution is 7.89. The van der Waals surface area contributed by atoms with E-state index in [2.05, 4.69) is 10.2 Å². The lowest BCUT2D eigenvalue weighted by Gasteiger charge is -2.26. The largest absolute Gasteiger partial charge is 0.379 e. The van der Waals surface area contributed by atoms with Gasteiger partial charge in [-0.15, -0.1) is 0 Å². The molecule has 7 nitrogen and oxygen atoms in total. The first-order valence-corrected chi connectivity index (χ1v) is 9.46. The number of sulfonamides is 1. The van der Waals surface area contributed by atoms with Crippen LogP contribution in [0.25, 0.3) is 0 Å². The van der Waals surface area contributed by atoms with Crippen LogP contribution in [0, 0.1) is 0 Å². The van der Waals surface area contributed by atoms with E-state index in [0.717, 1.165) is 43.6 Å². The van der Waals surface area contributed by atoms with Crippen molar-refractivity contribution in [2.24, 2.45) is 0 Å². The van der Waals surface area contributed by atoms with Crippen LogP contribution in [0.3, 0.4) is 0 Å². The third-order valence-corrected chi connectivity index (χ3v) is 5.76. The van der Waals surface area contributed by atoms with Gasteiger partial charge in [0.2, 0.25) is 10.0 Å². The number of carbonyl (C=O) groups is 1. The summed E-state index contributed by atoms with van der Waals surface area (Å²) in [5.74, 6) is -0.189. The van der Waals surface area contributed by atoms with Gasteiger partial charge in [0.1, 0.15) is 0 Å². The maximum atomic E-state index is 12.1. The number of hydrogen-bond donors (Lipinski definition) is 1. The topological polar surface area (TPSA) is 79.0 Å². The fourth-order valence-corrected chi connectivity index (χ4v) is 3.32. The molecule has 1 N–H and O–H groups in total. The smallest absolute Gasteiger partial charge is 0.251 e. The van der Waals surface area contributed by atoms with Gasteiger partial charge in [-0.2, -0.15) is 0 Å². The normalized spacial score (nSPS) is 16.3. The number of nitrogens with zero attached hydrogens (tertiary/aromatic N) is 2. The Morgan fingerprint density at radius 3 is 2.42 bits per heavy atom. The number of benzene rings is 1. The third kappa shape index (κ3) is 5.01. The lowest BCUT2D eigenvalue weighted by Crippen LogP contribution is -2.38. The molecule has 24 heavy (non-hydrogen) atoms. The average Bonchev–Trinajstić information content (AvgIpc) is 2.59. The van der Waals surface area contributed by atoms with Gasteiger partial charge >= 0.3 is 0 Å². The number of rotatable bonds is 7. The molecule has 0 aliphatic carbocycles. The van der Waals surface area contributed by atoms with Crippen molar-refractivity contribution in [2.45, 2.75) is 11.3 Å². The highest BCUT2D eigenvalue weighted by Crippen LogP contribution is 2.13. The molecule has 1 amide bonds. The van der Waals surface area contributed by atoms with Gasteiger partial charge in [-0.1, -0.05) is 0 Å². The third-order valence-electron chi connectivity index (χ3n) is 3.94. The zero-order valence-electron chi connectivity index (χ0n) is 14.2. The Labute approximate surface area is 143 Å². The van der Waals surface area contributed by atoms with E-state index < -0.39 is 10.0 Å². The number of hydrogen-bond acceptors (Lipinski definition) is 5. The molecule has 1 aromatic carbocycles. The number of ether oxygens (including phenoxy) is 1. The van der Waals surface area contributed by atoms with E-state index in [1.54, 1.807) is 0 Å². The summed E-state index contributed by atoms with van der Waals surface area (Å²) in [6.45, 7) is 4.95. The van der Waals surface area contributed by atoms with Gasteiger partial charge in [-0.05, 0) is 37.2 Å². The summed E-state index contributed by atoms with van der Waals surface area (Å²) in [4.78, 5) is 14.6. The average molecular weight is 355 g/mol. The van der Waals surface area contributed by atoms with Gasteiger partial charge in [0, 0.05) is 39.3 Å². The zero-order chi connectivity index (χ0) is 17.6. The van der Waals surface area contributed by atoms with Crippen LogP contribution in [-0.4, -0.2) is 77.0 Å². The summed E-state index contributed by atoms with van der Waals surface area (Å²) in [5.41, 5.74) is 0.457. The van der Waals surface area contributed by atoms with Gasteiger partial charge in [-0.3, -0.25) is 9.69 Å². The first-order chi connectivity index (χ1) is 11.4. The second-order valence-electron chi connectivity index (χ2n) is 5.88. The first-order valence-electron chi connectivity index (χ1n) is 8.02. The molecule has 0 spiro atoms. The summed E-state index contributed by atoms with van der Waals surface area (Å²) in [5, 5.41) is 2.86. The highest BCUT2D eigenvalue weighted by Gasteiger charge is 2.17. The second kappa shape index (κ2) is 8.57. The van der Waals surface area contributed by atoms with E-state index in [0.29, 0.717) is 12.1 Å². The molecule has 0 atom stereocenters. The summed E-state index contributed by atoms with van der Waals surface area (Å²) >= 11 is 0. The quantitative estimate of drug-likeness (QED) is 0.716. The SMILES string of the molecule is CN(C)S(=O)(=O)c1ccc(C(=O)NCCCN2CCOCC2)cc1. The minimum atomic E-state index is -3.47. The molecule has 0 radical (unpaired) electrons. The van der Waals surface area contributed by atoms with Crippen LogP contribution in [0.15, 0.2) is 29.2 Å². The molecule has 0 saturated carbocycles. The summed E-state index contributed by atoms with van der Waals surface area (Å²) in [6, 6.07) is 5.98. The molecule has 1 saturated heterocycles. The molecule has 1 aliphatic heterocycles. The lowest BCUT2D eigenvalue weighted by atomic mass is 10.2. The number of morpholine rings is 1. The van der Waals surface area contributed by atoms with E-state index in [9.17, 15) is 13.2 Å². The summed E-state index contributed by atoms with van der Waals surface area (Å²) in [7, 11) is -0.514. The Balaban J connectivity index is 1.80. The predicted molar refractivity (Wildman–Crippen MR) is 91.5 cm³/mol. The first kappa shape index (κ1) is 18.9. The van der Waals surface area contributed by atoms with Crippen molar-refractivity contribution in [1.82, 2.24) is 14.5 Å². The van der Waals surface area contributed by atoms with Crippen molar-refractivity contribution in [1.29, 1.82) is 0 Å². The van der Waals surface area contributed by atoms with Crippen molar-refractivity contribution in [3.05, 3.63) is 29.8 Å². The van der Waals surface area contributed by atoms with E-state index in [1.165, 1.54) is 38.4 Å². The molecule has 134 valence electrons. The van der Waals surface area contributed by atoms with Crippen molar-refractivity contribution < 1.29 is 17.9 Å². The number of carbonyl (C=O) groups excluding carboxylic acids is 1. The van der Waals surface area contributed by atoms with Crippen LogP contribution >= 0.6 is 0 Å². The minimum absolute atomic E-state index is 0.177. The van der Waals surface area contributed by atoms with Crippen LogP contribution < -0.4 is 5.32 Å². The van der Waals surface area contributed by atoms with Crippen molar-refractivity contribution in [3.63, 3.8) is 0 Å². The number of amides is 1. The lowest BCUT2D eigenvalue weighted by molar-refractivity contribution is 0.0374. The number of nitrogens with one attached hydrogen (secondary N) is 1. The van der Waals surface area contributed by atoms with Crippen LogP contribution in [0.4, 0.5) is 0 Å². The van der Waals surface area contributed by atoms with E-state index in [4.69, 9.17) is 4.74 Å². The van der Waals surface area contributed by atoms with Gasteiger partial charge in [0.05, 0.1) is 18.1 Å². The molecule has 0 unspecified atom stereocenters. The maximum absolute atomic E-state index is 12.1. The van der Waals surface area contributed by atoms with Gasteiger partial charge < -0.3 is 10.1 Å². The van der Waals surface area contributed by atoms with Crippen molar-refractivity contribution in [3.8, 4) is 0 Å². The molecule has 1 heterocycles. The fourth-order valence-electron chi connectivity index (χ4n) is 2.42. The molecule has 0 aromatic heterocycles. The van der Waals surface area contributed by atoms with Crippen molar-refractivity contribution >= 4 is 15.9 Å². The summed E-state index contributed by atoms with van der Waals surface area (Å²) in [6.07, 6.45) is 0.874. The Morgan fingerprint density at radius 1 is 1.21 bits per heavy atom. The molecule has 1 fully saturated rings. The standard InChI is InChI=1S/C16H25N3O4S/c1-18(2)24(21,22)15-6-4-14(5-7-15)16(20)17-8-3-9-19-10-12-23-13-11-19/h4-7H,3,8-13H2,1-2H3,(H,17,20). The molecule has 1 aliphatic rings. The Kier molecular flexibility index (Phi) is 6.73. The van der Waals surface area contributed by atoms with Crippen LogP contribution in [0.1, 0.15) is 16.8 Å². The second-order valence-corrected chi connectivity index (χ2v) is 8.03. The van der Waals surface area contributed by atoms with E-state index in [-0.39, 0.29) is 10.8 Å². The molecule has 2 rings (SSSR count). The van der Waals surface area contributed by atoms with E-state index >= 15 is 0 Å². The minimum Gasteiger partial charge on any atom is -0.379 e. The molecular formula is C16H25N3O4S. The predicted octanol–water partition coefficient (Wildman–Crippen LogP) is 0.389. The van der Waals surface area contributed by atoms with Crippen molar-refractivity contribution in [2.75, 3.05) is 53.5 Å². The van der Waals surface area contributed by atoms with Gasteiger partial charge in [0.15, 0.2) is 0 Å².